The highest BCUT2D eigenvalue weighted by atomic mass is 16.2. The van der Waals surface area contributed by atoms with Crippen LogP contribution in [0.3, 0.4) is 0 Å². The van der Waals surface area contributed by atoms with Gasteiger partial charge < -0.3 is 15.0 Å². The minimum atomic E-state index is -0.245. The maximum Gasteiger partial charge on any atom is 0.240 e. The Morgan fingerprint density at radius 1 is 1.38 bits per heavy atom. The van der Waals surface area contributed by atoms with Gasteiger partial charge in [-0.3, -0.25) is 4.79 Å². The number of carbonyl (C=O) groups is 2. The van der Waals surface area contributed by atoms with Crippen molar-refractivity contribution in [1.29, 1.82) is 0 Å². The minimum absolute atomic E-state index is 0.0514. The van der Waals surface area contributed by atoms with E-state index in [-0.39, 0.29) is 23.9 Å². The molecule has 0 radical (unpaired) electrons. The van der Waals surface area contributed by atoms with Gasteiger partial charge >= 0.3 is 0 Å². The summed E-state index contributed by atoms with van der Waals surface area (Å²) in [7, 11) is 0. The lowest BCUT2D eigenvalue weighted by atomic mass is 10.0. The van der Waals surface area contributed by atoms with E-state index >= 15 is 0 Å². The zero-order valence-corrected chi connectivity index (χ0v) is 12.8. The molecule has 1 aromatic rings. The van der Waals surface area contributed by atoms with E-state index in [0.29, 0.717) is 13.1 Å². The second-order valence-corrected chi connectivity index (χ2v) is 5.97. The zero-order valence-electron chi connectivity index (χ0n) is 12.8. The van der Waals surface area contributed by atoms with Crippen molar-refractivity contribution in [2.75, 3.05) is 6.54 Å². The Bertz CT molecular complexity index is 473. The molecule has 0 bridgehead atoms. The van der Waals surface area contributed by atoms with E-state index < -0.39 is 0 Å². The summed E-state index contributed by atoms with van der Waals surface area (Å²) in [5.74, 6) is 0.240. The van der Waals surface area contributed by atoms with Crippen LogP contribution in [-0.2, 0) is 16.1 Å². The lowest BCUT2D eigenvalue weighted by Crippen LogP contribution is -2.50. The van der Waals surface area contributed by atoms with Crippen LogP contribution in [0.15, 0.2) is 30.3 Å². The molecule has 4 heteroatoms. The minimum Gasteiger partial charge on any atom is -0.332 e. The maximum absolute atomic E-state index is 12.7. The molecule has 114 valence electrons. The molecule has 0 aliphatic carbocycles. The van der Waals surface area contributed by atoms with Crippen LogP contribution in [0.25, 0.3) is 0 Å². The molecule has 1 aromatic carbocycles. The second kappa shape index (κ2) is 7.36. The molecule has 4 nitrogen and oxygen atoms in total. The summed E-state index contributed by atoms with van der Waals surface area (Å²) in [4.78, 5) is 25.5. The van der Waals surface area contributed by atoms with Gasteiger partial charge in [0.25, 0.3) is 0 Å². The first-order valence-electron chi connectivity index (χ1n) is 7.66. The van der Waals surface area contributed by atoms with Crippen LogP contribution in [0.2, 0.25) is 0 Å². The normalized spacial score (nSPS) is 19.8. The Morgan fingerprint density at radius 2 is 2.10 bits per heavy atom. The van der Waals surface area contributed by atoms with Crippen LogP contribution in [-0.4, -0.2) is 35.7 Å². The van der Waals surface area contributed by atoms with Crippen LogP contribution in [0, 0.1) is 5.92 Å². The van der Waals surface area contributed by atoms with Crippen molar-refractivity contribution >= 4 is 12.2 Å². The molecule has 1 N–H and O–H groups in total. The lowest BCUT2D eigenvalue weighted by molar-refractivity contribution is -0.137. The molecule has 1 fully saturated rings. The first-order valence-corrected chi connectivity index (χ1v) is 7.66. The van der Waals surface area contributed by atoms with Crippen molar-refractivity contribution in [3.8, 4) is 0 Å². The second-order valence-electron chi connectivity index (χ2n) is 5.97. The average molecular weight is 288 g/mol. The maximum atomic E-state index is 12.7. The summed E-state index contributed by atoms with van der Waals surface area (Å²) in [6, 6.07) is 9.56. The van der Waals surface area contributed by atoms with Gasteiger partial charge in [-0.05, 0) is 24.3 Å². The fraction of sp³-hybridized carbons (Fsp3) is 0.529. The van der Waals surface area contributed by atoms with Gasteiger partial charge in [-0.15, -0.1) is 0 Å². The smallest absolute Gasteiger partial charge is 0.240 e. The number of nitrogens with one attached hydrogen (secondary N) is 1. The molecule has 2 rings (SSSR count). The predicted molar refractivity (Wildman–Crippen MR) is 82.7 cm³/mol. The molecule has 2 atom stereocenters. The van der Waals surface area contributed by atoms with Gasteiger partial charge in [0.1, 0.15) is 6.29 Å². The van der Waals surface area contributed by atoms with E-state index in [1.165, 1.54) is 0 Å². The van der Waals surface area contributed by atoms with Crippen molar-refractivity contribution in [2.45, 2.75) is 45.3 Å². The van der Waals surface area contributed by atoms with Gasteiger partial charge in [0.2, 0.25) is 5.91 Å². The molecule has 1 saturated heterocycles. The summed E-state index contributed by atoms with van der Waals surface area (Å²) in [5.41, 5.74) is 1.16. The van der Waals surface area contributed by atoms with Gasteiger partial charge in [0, 0.05) is 13.1 Å². The Labute approximate surface area is 126 Å². The molecule has 1 heterocycles. The number of hydrogen-bond acceptors (Lipinski definition) is 3. The number of carbonyl (C=O) groups excluding carboxylic acids is 2. The van der Waals surface area contributed by atoms with E-state index in [1.54, 1.807) is 4.90 Å². The summed E-state index contributed by atoms with van der Waals surface area (Å²) in [6.45, 7) is 5.42. The number of benzene rings is 1. The molecule has 0 saturated carbocycles. The first kappa shape index (κ1) is 15.7. The highest BCUT2D eigenvalue weighted by Gasteiger charge is 2.33. The van der Waals surface area contributed by atoms with Crippen molar-refractivity contribution in [2.24, 2.45) is 5.92 Å². The topological polar surface area (TPSA) is 49.4 Å². The third-order valence-corrected chi connectivity index (χ3v) is 4.04. The van der Waals surface area contributed by atoms with Crippen LogP contribution in [0.1, 0.15) is 32.3 Å². The summed E-state index contributed by atoms with van der Waals surface area (Å²) < 4.78 is 0. The van der Waals surface area contributed by atoms with Gasteiger partial charge in [0.05, 0.1) is 12.1 Å². The van der Waals surface area contributed by atoms with Gasteiger partial charge in [-0.25, -0.2) is 0 Å². The van der Waals surface area contributed by atoms with Gasteiger partial charge in [0.15, 0.2) is 0 Å². The highest BCUT2D eigenvalue weighted by Crippen LogP contribution is 2.18. The van der Waals surface area contributed by atoms with Crippen LogP contribution in [0.5, 0.6) is 0 Å². The first-order chi connectivity index (χ1) is 10.1. The number of aldehydes is 1. The summed E-state index contributed by atoms with van der Waals surface area (Å²) >= 11 is 0. The SMILES string of the molecule is CC(C)C(NCc1ccccc1)C(=O)N1CCCC1C=O. The zero-order chi connectivity index (χ0) is 15.2. The van der Waals surface area contributed by atoms with Crippen molar-refractivity contribution < 1.29 is 9.59 Å². The molecular formula is C17H24N2O2. The van der Waals surface area contributed by atoms with Gasteiger partial charge in [-0.1, -0.05) is 44.2 Å². The number of nitrogens with zero attached hydrogens (tertiary/aromatic N) is 1. The van der Waals surface area contributed by atoms with Crippen molar-refractivity contribution in [3.05, 3.63) is 35.9 Å². The van der Waals surface area contributed by atoms with E-state index in [2.05, 4.69) is 5.32 Å². The van der Waals surface area contributed by atoms with Gasteiger partial charge in [-0.2, -0.15) is 0 Å². The molecule has 0 aromatic heterocycles. The average Bonchev–Trinajstić information content (AvgIpc) is 2.96. The van der Waals surface area contributed by atoms with E-state index in [9.17, 15) is 9.59 Å². The molecule has 1 aliphatic rings. The largest absolute Gasteiger partial charge is 0.332 e. The van der Waals surface area contributed by atoms with Crippen LogP contribution < -0.4 is 5.32 Å². The monoisotopic (exact) mass is 288 g/mol. The fourth-order valence-electron chi connectivity index (χ4n) is 2.82. The number of rotatable bonds is 6. The molecule has 0 spiro atoms. The molecule has 21 heavy (non-hydrogen) atoms. The Balaban J connectivity index is 2.01. The highest BCUT2D eigenvalue weighted by molar-refractivity contribution is 5.85. The summed E-state index contributed by atoms with van der Waals surface area (Å²) in [6.07, 6.45) is 2.61. The Kier molecular flexibility index (Phi) is 5.51. The lowest BCUT2D eigenvalue weighted by Gasteiger charge is -2.29. The van der Waals surface area contributed by atoms with Crippen molar-refractivity contribution in [1.82, 2.24) is 10.2 Å². The quantitative estimate of drug-likeness (QED) is 0.814. The third-order valence-electron chi connectivity index (χ3n) is 4.04. The third kappa shape index (κ3) is 3.91. The molecular weight excluding hydrogens is 264 g/mol. The fourth-order valence-corrected chi connectivity index (χ4v) is 2.82. The van der Waals surface area contributed by atoms with Crippen molar-refractivity contribution in [3.63, 3.8) is 0 Å². The number of hydrogen-bond donors (Lipinski definition) is 1. The van der Waals surface area contributed by atoms with E-state index in [0.717, 1.165) is 24.7 Å². The predicted octanol–water partition coefficient (Wildman–Crippen LogP) is 1.99. The van der Waals surface area contributed by atoms with Crippen LogP contribution >= 0.6 is 0 Å². The molecule has 1 aliphatic heterocycles. The standard InChI is InChI=1S/C17H24N2O2/c1-13(2)16(18-11-14-7-4-3-5-8-14)17(21)19-10-6-9-15(19)12-20/h3-5,7-8,12-13,15-16,18H,6,9-11H2,1-2H3. The summed E-state index contributed by atoms with van der Waals surface area (Å²) in [5, 5.41) is 3.35. The number of amides is 1. The Morgan fingerprint density at radius 3 is 2.71 bits per heavy atom. The number of likely N-dealkylation sites (tertiary alicyclic amines) is 1. The molecule has 1 amide bonds. The Hall–Kier alpha value is -1.68. The molecule has 2 unspecified atom stereocenters. The van der Waals surface area contributed by atoms with Crippen LogP contribution in [0.4, 0.5) is 0 Å². The van der Waals surface area contributed by atoms with E-state index in [1.807, 2.05) is 44.2 Å². The van der Waals surface area contributed by atoms with E-state index in [4.69, 9.17) is 0 Å².